The first-order valence-electron chi connectivity index (χ1n) is 2.13. The van der Waals surface area contributed by atoms with Gasteiger partial charge in [0.25, 0.3) is 0 Å². The van der Waals surface area contributed by atoms with Crippen molar-refractivity contribution in [1.29, 1.82) is 0 Å². The van der Waals surface area contributed by atoms with Crippen LogP contribution in [0.15, 0.2) is 11.6 Å². The van der Waals surface area contributed by atoms with Gasteiger partial charge in [0.1, 0.15) is 0 Å². The minimum absolute atomic E-state index is 0.691. The topological polar surface area (TPSA) is 26.0 Å². The van der Waals surface area contributed by atoms with Crippen LogP contribution in [0, 0.1) is 0 Å². The molecule has 0 aliphatic heterocycles. The maximum atomic E-state index is 5.21. The second kappa shape index (κ2) is 2.91. The van der Waals surface area contributed by atoms with Crippen molar-refractivity contribution in [3.8, 4) is 0 Å². The molecule has 0 aromatic carbocycles. The van der Waals surface area contributed by atoms with E-state index in [1.54, 1.807) is 0 Å². The predicted molar refractivity (Wildman–Crippen MR) is 28.5 cm³/mol. The number of allylic oxidation sites excluding steroid dienone is 1. The van der Waals surface area contributed by atoms with Gasteiger partial charge in [0.2, 0.25) is 0 Å². The molecule has 0 aliphatic carbocycles. The fraction of sp³-hybridized carbons (Fsp3) is 0.600. The Labute approximate surface area is 38.8 Å². The lowest BCUT2D eigenvalue weighted by molar-refractivity contribution is 1.13. The lowest BCUT2D eigenvalue weighted by Gasteiger charge is -1.85. The normalized spacial score (nSPS) is 12.2. The highest BCUT2D eigenvalue weighted by Gasteiger charge is 1.73. The second-order valence-corrected chi connectivity index (χ2v) is 1.34. The third-order valence-corrected chi connectivity index (χ3v) is 0.815. The Morgan fingerprint density at radius 2 is 2.33 bits per heavy atom. The molecule has 0 saturated carbocycles. The molecule has 6 heavy (non-hydrogen) atoms. The van der Waals surface area contributed by atoms with Crippen molar-refractivity contribution in [2.75, 3.05) is 6.54 Å². The number of nitrogens with two attached hydrogens (primary N) is 1. The molecule has 1 heteroatoms. The summed E-state index contributed by atoms with van der Waals surface area (Å²) in [6, 6.07) is 0. The maximum Gasteiger partial charge on any atom is 0.0133 e. The van der Waals surface area contributed by atoms with Crippen molar-refractivity contribution >= 4 is 0 Å². The van der Waals surface area contributed by atoms with E-state index in [4.69, 9.17) is 5.73 Å². The Kier molecular flexibility index (Phi) is 2.77. The van der Waals surface area contributed by atoms with Crippen molar-refractivity contribution < 1.29 is 0 Å². The molecule has 1 nitrogen and oxygen atoms in total. The molecule has 0 atom stereocenters. The molecule has 0 amide bonds. The fourth-order valence-corrected chi connectivity index (χ4v) is 0.118. The van der Waals surface area contributed by atoms with Crippen LogP contribution in [-0.4, -0.2) is 6.54 Å². The summed E-state index contributed by atoms with van der Waals surface area (Å²) >= 11 is 0. The minimum Gasteiger partial charge on any atom is -0.327 e. The molecule has 0 heterocycles. The summed E-state index contributed by atoms with van der Waals surface area (Å²) in [6.07, 6.45) is 2.01. The SMILES string of the molecule is C/C=C(/C)CN. The van der Waals surface area contributed by atoms with Crippen LogP contribution >= 0.6 is 0 Å². The van der Waals surface area contributed by atoms with Crippen molar-refractivity contribution in [3.63, 3.8) is 0 Å². The predicted octanol–water partition coefficient (Wildman–Crippen LogP) is 0.911. The zero-order valence-electron chi connectivity index (χ0n) is 4.36. The first kappa shape index (κ1) is 5.70. The van der Waals surface area contributed by atoms with Gasteiger partial charge in [-0.25, -0.2) is 0 Å². The van der Waals surface area contributed by atoms with Crippen molar-refractivity contribution in [1.82, 2.24) is 0 Å². The van der Waals surface area contributed by atoms with E-state index < -0.39 is 0 Å². The summed E-state index contributed by atoms with van der Waals surface area (Å²) < 4.78 is 0. The van der Waals surface area contributed by atoms with Crippen LogP contribution in [0.3, 0.4) is 0 Å². The highest BCUT2D eigenvalue weighted by Crippen LogP contribution is 1.82. The van der Waals surface area contributed by atoms with E-state index in [1.807, 2.05) is 19.9 Å². The average Bonchev–Trinajstić information content (AvgIpc) is 1.65. The van der Waals surface area contributed by atoms with Crippen LogP contribution in [0.4, 0.5) is 0 Å². The first-order chi connectivity index (χ1) is 2.81. The fourth-order valence-electron chi connectivity index (χ4n) is 0.118. The summed E-state index contributed by atoms with van der Waals surface area (Å²) in [7, 11) is 0. The quantitative estimate of drug-likeness (QED) is 0.470. The standard InChI is InChI=1S/C5H11N/c1-3-5(2)4-6/h3H,4,6H2,1-2H3/b5-3-. The molecule has 0 aliphatic rings. The van der Waals surface area contributed by atoms with Crippen LogP contribution in [0.1, 0.15) is 13.8 Å². The Bertz CT molecular complexity index is 55.0. The first-order valence-corrected chi connectivity index (χ1v) is 2.13. The van der Waals surface area contributed by atoms with Gasteiger partial charge in [0, 0.05) is 6.54 Å². The Morgan fingerprint density at radius 3 is 2.33 bits per heavy atom. The molecule has 36 valence electrons. The molecule has 2 N–H and O–H groups in total. The maximum absolute atomic E-state index is 5.21. The zero-order chi connectivity index (χ0) is 4.99. The zero-order valence-corrected chi connectivity index (χ0v) is 4.36. The van der Waals surface area contributed by atoms with E-state index in [1.165, 1.54) is 5.57 Å². The molecule has 0 radical (unpaired) electrons. The lowest BCUT2D eigenvalue weighted by Crippen LogP contribution is -1.98. The molecule has 0 aromatic rings. The minimum atomic E-state index is 0.691. The highest BCUT2D eigenvalue weighted by molar-refractivity contribution is 4.95. The van der Waals surface area contributed by atoms with E-state index >= 15 is 0 Å². The van der Waals surface area contributed by atoms with E-state index in [0.29, 0.717) is 6.54 Å². The van der Waals surface area contributed by atoms with Crippen LogP contribution in [0.2, 0.25) is 0 Å². The van der Waals surface area contributed by atoms with E-state index in [9.17, 15) is 0 Å². The average molecular weight is 85.2 g/mol. The molecule has 0 aromatic heterocycles. The second-order valence-electron chi connectivity index (χ2n) is 1.34. The van der Waals surface area contributed by atoms with Gasteiger partial charge in [0.15, 0.2) is 0 Å². The molecule has 0 rings (SSSR count). The molecular weight excluding hydrogens is 74.1 g/mol. The molecule has 0 unspecified atom stereocenters. The molecule has 0 bridgehead atoms. The third-order valence-electron chi connectivity index (χ3n) is 0.815. The van der Waals surface area contributed by atoms with Crippen LogP contribution in [0.25, 0.3) is 0 Å². The van der Waals surface area contributed by atoms with Gasteiger partial charge in [-0.2, -0.15) is 0 Å². The van der Waals surface area contributed by atoms with Crippen LogP contribution in [0.5, 0.6) is 0 Å². The Morgan fingerprint density at radius 1 is 1.83 bits per heavy atom. The highest BCUT2D eigenvalue weighted by atomic mass is 14.5. The van der Waals surface area contributed by atoms with Crippen LogP contribution < -0.4 is 5.73 Å². The van der Waals surface area contributed by atoms with Gasteiger partial charge in [-0.05, 0) is 13.8 Å². The lowest BCUT2D eigenvalue weighted by atomic mass is 10.3. The van der Waals surface area contributed by atoms with Gasteiger partial charge in [0.05, 0.1) is 0 Å². The van der Waals surface area contributed by atoms with E-state index in [-0.39, 0.29) is 0 Å². The van der Waals surface area contributed by atoms with Gasteiger partial charge < -0.3 is 5.73 Å². The Balaban J connectivity index is 3.22. The van der Waals surface area contributed by atoms with Gasteiger partial charge in [-0.3, -0.25) is 0 Å². The summed E-state index contributed by atoms with van der Waals surface area (Å²) in [4.78, 5) is 0. The number of rotatable bonds is 1. The monoisotopic (exact) mass is 85.1 g/mol. The van der Waals surface area contributed by atoms with E-state index in [0.717, 1.165) is 0 Å². The van der Waals surface area contributed by atoms with Crippen LogP contribution in [-0.2, 0) is 0 Å². The largest absolute Gasteiger partial charge is 0.327 e. The van der Waals surface area contributed by atoms with Gasteiger partial charge in [-0.1, -0.05) is 11.6 Å². The molecule has 0 saturated heterocycles. The number of hydrogen-bond donors (Lipinski definition) is 1. The van der Waals surface area contributed by atoms with E-state index in [2.05, 4.69) is 0 Å². The summed E-state index contributed by atoms with van der Waals surface area (Å²) in [5, 5.41) is 0. The van der Waals surface area contributed by atoms with Gasteiger partial charge in [-0.15, -0.1) is 0 Å². The smallest absolute Gasteiger partial charge is 0.0133 e. The summed E-state index contributed by atoms with van der Waals surface area (Å²) in [6.45, 7) is 4.69. The van der Waals surface area contributed by atoms with Crippen molar-refractivity contribution in [2.24, 2.45) is 5.73 Å². The number of hydrogen-bond acceptors (Lipinski definition) is 1. The third kappa shape index (κ3) is 1.97. The van der Waals surface area contributed by atoms with Crippen molar-refractivity contribution in [2.45, 2.75) is 13.8 Å². The Hall–Kier alpha value is -0.300. The molecular formula is C5H11N. The molecule has 0 spiro atoms. The van der Waals surface area contributed by atoms with Gasteiger partial charge >= 0.3 is 0 Å². The van der Waals surface area contributed by atoms with Crippen molar-refractivity contribution in [3.05, 3.63) is 11.6 Å². The summed E-state index contributed by atoms with van der Waals surface area (Å²) in [5.74, 6) is 0. The summed E-state index contributed by atoms with van der Waals surface area (Å²) in [5.41, 5.74) is 6.46. The molecule has 0 fully saturated rings.